The van der Waals surface area contributed by atoms with Crippen molar-refractivity contribution < 1.29 is 12.6 Å². The van der Waals surface area contributed by atoms with Crippen LogP contribution in [0.4, 0.5) is 0 Å². The molecule has 4 aliphatic carbocycles. The summed E-state index contributed by atoms with van der Waals surface area (Å²) < 4.78 is 28.8. The first-order valence-electron chi connectivity index (χ1n) is 8.35. The molecule has 5 rings (SSSR count). The van der Waals surface area contributed by atoms with Crippen molar-refractivity contribution in [3.05, 3.63) is 0 Å². The lowest BCUT2D eigenvalue weighted by atomic mass is 9.60. The average molecular weight is 296 g/mol. The molecule has 0 aromatic heterocycles. The second kappa shape index (κ2) is 3.62. The third kappa shape index (κ3) is 1.29. The molecule has 1 saturated heterocycles. The average Bonchev–Trinajstić information content (AvgIpc) is 3.07. The lowest BCUT2D eigenvalue weighted by Crippen LogP contribution is -2.48. The van der Waals surface area contributed by atoms with Crippen LogP contribution in [0, 0.1) is 59.2 Å². The van der Waals surface area contributed by atoms with Gasteiger partial charge in [-0.05, 0) is 72.0 Å². The Kier molecular flexibility index (Phi) is 2.26. The van der Waals surface area contributed by atoms with Gasteiger partial charge in [-0.15, -0.1) is 0 Å². The molecule has 4 bridgehead atoms. The van der Waals surface area contributed by atoms with Crippen molar-refractivity contribution >= 4 is 10.1 Å². The van der Waals surface area contributed by atoms with Crippen molar-refractivity contribution in [2.24, 2.45) is 59.2 Å². The molecule has 5 aliphatic rings. The standard InChI is InChI=1S/C16H24O3S/c1-7-8(2)10-3-9(7)15-11-4-12(16(10)15)14-6-20(17,18)19-5-13(11)14/h7-16H,3-6H2,1-2H3. The van der Waals surface area contributed by atoms with Crippen LogP contribution in [0.2, 0.25) is 0 Å². The fourth-order valence-corrected chi connectivity index (χ4v) is 8.89. The van der Waals surface area contributed by atoms with Crippen LogP contribution < -0.4 is 0 Å². The van der Waals surface area contributed by atoms with E-state index in [1.807, 2.05) is 0 Å². The van der Waals surface area contributed by atoms with E-state index in [-0.39, 0.29) is 0 Å². The van der Waals surface area contributed by atoms with Crippen LogP contribution in [-0.2, 0) is 14.3 Å². The zero-order valence-electron chi connectivity index (χ0n) is 12.2. The second-order valence-corrected chi connectivity index (χ2v) is 10.0. The Morgan fingerprint density at radius 1 is 0.800 bits per heavy atom. The van der Waals surface area contributed by atoms with Crippen LogP contribution in [0.15, 0.2) is 0 Å². The van der Waals surface area contributed by atoms with Crippen LogP contribution in [0.25, 0.3) is 0 Å². The quantitative estimate of drug-likeness (QED) is 0.509. The largest absolute Gasteiger partial charge is 0.270 e. The summed E-state index contributed by atoms with van der Waals surface area (Å²) in [6.07, 6.45) is 2.73. The third-order valence-corrected chi connectivity index (χ3v) is 9.47. The van der Waals surface area contributed by atoms with Gasteiger partial charge < -0.3 is 0 Å². The van der Waals surface area contributed by atoms with Gasteiger partial charge in [-0.1, -0.05) is 13.8 Å². The minimum Gasteiger partial charge on any atom is -0.270 e. The molecule has 0 amide bonds. The van der Waals surface area contributed by atoms with Gasteiger partial charge in [0, 0.05) is 0 Å². The Balaban J connectivity index is 1.52. The first-order chi connectivity index (χ1) is 9.48. The summed E-state index contributed by atoms with van der Waals surface area (Å²) >= 11 is 0. The van der Waals surface area contributed by atoms with Crippen LogP contribution in [0.3, 0.4) is 0 Å². The summed E-state index contributed by atoms with van der Waals surface area (Å²) in [6.45, 7) is 5.38. The minimum atomic E-state index is -3.23. The Bertz CT molecular complexity index is 556. The van der Waals surface area contributed by atoms with Crippen molar-refractivity contribution in [1.29, 1.82) is 0 Å². The van der Waals surface area contributed by atoms with Gasteiger partial charge in [0.1, 0.15) is 0 Å². The highest BCUT2D eigenvalue weighted by molar-refractivity contribution is 7.86. The number of fused-ring (bicyclic) bond motifs is 12. The zero-order valence-corrected chi connectivity index (χ0v) is 13.1. The highest BCUT2D eigenvalue weighted by Crippen LogP contribution is 2.73. The number of hydrogen-bond donors (Lipinski definition) is 0. The number of rotatable bonds is 0. The number of hydrogen-bond acceptors (Lipinski definition) is 3. The van der Waals surface area contributed by atoms with Crippen LogP contribution in [-0.4, -0.2) is 20.8 Å². The normalized spacial score (nSPS) is 65.3. The van der Waals surface area contributed by atoms with Crippen molar-refractivity contribution in [2.45, 2.75) is 26.7 Å². The summed E-state index contributed by atoms with van der Waals surface area (Å²) in [6, 6.07) is 0. The molecule has 0 radical (unpaired) electrons. The third-order valence-electron chi connectivity index (χ3n) is 8.18. The molecule has 4 heteroatoms. The maximum Gasteiger partial charge on any atom is 0.267 e. The Labute approximate surface area is 121 Å². The van der Waals surface area contributed by atoms with Crippen LogP contribution >= 0.6 is 0 Å². The van der Waals surface area contributed by atoms with Crippen LogP contribution in [0.5, 0.6) is 0 Å². The van der Waals surface area contributed by atoms with E-state index in [4.69, 9.17) is 4.18 Å². The predicted octanol–water partition coefficient (Wildman–Crippen LogP) is 2.38. The van der Waals surface area contributed by atoms with Gasteiger partial charge in [0.15, 0.2) is 0 Å². The monoisotopic (exact) mass is 296 g/mol. The Morgan fingerprint density at radius 2 is 1.35 bits per heavy atom. The summed E-state index contributed by atoms with van der Waals surface area (Å²) in [5.41, 5.74) is 0. The SMILES string of the molecule is CC1C(C)C2CC1C1C3CC(C4CS(=O)(=O)OCC43)C21. The van der Waals surface area contributed by atoms with Crippen molar-refractivity contribution in [3.63, 3.8) is 0 Å². The van der Waals surface area contributed by atoms with E-state index < -0.39 is 10.1 Å². The van der Waals surface area contributed by atoms with Gasteiger partial charge in [-0.25, -0.2) is 0 Å². The summed E-state index contributed by atoms with van der Waals surface area (Å²) in [4.78, 5) is 0. The molecule has 0 spiro atoms. The fraction of sp³-hybridized carbons (Fsp3) is 1.00. The Morgan fingerprint density at radius 3 is 2.00 bits per heavy atom. The maximum atomic E-state index is 11.8. The molecule has 5 fully saturated rings. The molecular weight excluding hydrogens is 272 g/mol. The van der Waals surface area contributed by atoms with E-state index in [1.165, 1.54) is 12.8 Å². The van der Waals surface area contributed by atoms with Crippen molar-refractivity contribution in [2.75, 3.05) is 12.4 Å². The topological polar surface area (TPSA) is 43.4 Å². The van der Waals surface area contributed by atoms with E-state index in [0.29, 0.717) is 30.1 Å². The van der Waals surface area contributed by atoms with Crippen molar-refractivity contribution in [3.8, 4) is 0 Å². The molecule has 1 heterocycles. The van der Waals surface area contributed by atoms with Gasteiger partial charge in [0.05, 0.1) is 12.4 Å². The van der Waals surface area contributed by atoms with Gasteiger partial charge in [0.25, 0.3) is 10.1 Å². The van der Waals surface area contributed by atoms with E-state index in [0.717, 1.165) is 41.4 Å². The molecule has 0 N–H and O–H groups in total. The molecule has 3 nitrogen and oxygen atoms in total. The van der Waals surface area contributed by atoms with Gasteiger partial charge in [0.2, 0.25) is 0 Å². The van der Waals surface area contributed by atoms with Crippen LogP contribution in [0.1, 0.15) is 26.7 Å². The second-order valence-electron chi connectivity index (χ2n) is 8.34. The molecule has 0 aromatic rings. The fourth-order valence-electron chi connectivity index (χ4n) is 7.46. The van der Waals surface area contributed by atoms with E-state index in [9.17, 15) is 8.42 Å². The molecule has 0 aromatic carbocycles. The van der Waals surface area contributed by atoms with Gasteiger partial charge in [-0.3, -0.25) is 4.18 Å². The van der Waals surface area contributed by atoms with E-state index in [1.54, 1.807) is 0 Å². The molecule has 1 aliphatic heterocycles. The van der Waals surface area contributed by atoms with E-state index >= 15 is 0 Å². The smallest absolute Gasteiger partial charge is 0.267 e. The molecule has 10 atom stereocenters. The zero-order chi connectivity index (χ0) is 13.8. The van der Waals surface area contributed by atoms with E-state index in [2.05, 4.69) is 13.8 Å². The highest BCUT2D eigenvalue weighted by Gasteiger charge is 2.69. The first kappa shape index (κ1) is 12.5. The Hall–Kier alpha value is -0.0900. The van der Waals surface area contributed by atoms with Gasteiger partial charge in [-0.2, -0.15) is 8.42 Å². The highest BCUT2D eigenvalue weighted by atomic mass is 32.2. The molecule has 4 saturated carbocycles. The lowest BCUT2D eigenvalue weighted by molar-refractivity contribution is -0.00269. The minimum absolute atomic E-state index is 0.309. The summed E-state index contributed by atoms with van der Waals surface area (Å²) in [7, 11) is -3.23. The van der Waals surface area contributed by atoms with Crippen molar-refractivity contribution in [1.82, 2.24) is 0 Å². The van der Waals surface area contributed by atoms with Gasteiger partial charge >= 0.3 is 0 Å². The molecule has 20 heavy (non-hydrogen) atoms. The molecular formula is C16H24O3S. The lowest BCUT2D eigenvalue weighted by Gasteiger charge is -2.47. The molecule has 112 valence electrons. The first-order valence-corrected chi connectivity index (χ1v) is 9.93. The maximum absolute atomic E-state index is 11.8. The summed E-state index contributed by atoms with van der Waals surface area (Å²) in [5.74, 6) is 8.05. The molecule has 10 unspecified atom stereocenters. The predicted molar refractivity (Wildman–Crippen MR) is 75.2 cm³/mol. The summed E-state index contributed by atoms with van der Waals surface area (Å²) in [5, 5.41) is 0.